The Labute approximate surface area is 222 Å². The summed E-state index contributed by atoms with van der Waals surface area (Å²) in [5.41, 5.74) is 6.09. The van der Waals surface area contributed by atoms with Crippen molar-refractivity contribution in [2.45, 2.75) is 69.8 Å². The molecule has 38 heavy (non-hydrogen) atoms. The van der Waals surface area contributed by atoms with Gasteiger partial charge in [-0.15, -0.1) is 0 Å². The zero-order chi connectivity index (χ0) is 26.3. The molecule has 2 aromatic carbocycles. The summed E-state index contributed by atoms with van der Waals surface area (Å²) in [6, 6.07) is 18.9. The van der Waals surface area contributed by atoms with Crippen LogP contribution in [0.4, 0.5) is 0 Å². The Morgan fingerprint density at radius 1 is 1.00 bits per heavy atom. The molecule has 2 fully saturated rings. The van der Waals surface area contributed by atoms with Gasteiger partial charge in [0.1, 0.15) is 12.3 Å². The smallest absolute Gasteiger partial charge is 0.336 e. The number of fused-ring (bicyclic) bond motifs is 1. The van der Waals surface area contributed by atoms with Crippen LogP contribution in [0.5, 0.6) is 0 Å². The summed E-state index contributed by atoms with van der Waals surface area (Å²) in [5.74, 6) is -0.586. The summed E-state index contributed by atoms with van der Waals surface area (Å²) in [6.45, 7) is 2.26. The summed E-state index contributed by atoms with van der Waals surface area (Å²) >= 11 is 0. The molecule has 6 nitrogen and oxygen atoms in total. The highest BCUT2D eigenvalue weighted by molar-refractivity contribution is 5.96. The van der Waals surface area contributed by atoms with Crippen molar-refractivity contribution in [3.05, 3.63) is 94.9 Å². The van der Waals surface area contributed by atoms with Crippen LogP contribution < -0.4 is 0 Å². The number of ether oxygens (including phenoxy) is 1. The number of carbonyl (C=O) groups excluding carboxylic acids is 1. The number of hydrogen-bond donors (Lipinski definition) is 1. The molecule has 2 heterocycles. The Kier molecular flexibility index (Phi) is 6.26. The molecule has 6 rings (SSSR count). The van der Waals surface area contributed by atoms with E-state index in [0.29, 0.717) is 11.5 Å². The van der Waals surface area contributed by atoms with Crippen LogP contribution in [-0.2, 0) is 21.6 Å². The van der Waals surface area contributed by atoms with Crippen molar-refractivity contribution in [3.8, 4) is 11.1 Å². The van der Waals surface area contributed by atoms with E-state index in [2.05, 4.69) is 17.5 Å². The highest BCUT2D eigenvalue weighted by Crippen LogP contribution is 2.42. The van der Waals surface area contributed by atoms with E-state index >= 15 is 0 Å². The minimum Gasteiger partial charge on any atom is -0.478 e. The normalized spacial score (nSPS) is 16.9. The molecule has 2 saturated carbocycles. The second kappa shape index (κ2) is 9.75. The first kappa shape index (κ1) is 24.4. The highest BCUT2D eigenvalue weighted by Gasteiger charge is 2.42. The van der Waals surface area contributed by atoms with Gasteiger partial charge in [-0.2, -0.15) is 0 Å². The van der Waals surface area contributed by atoms with E-state index in [4.69, 9.17) is 9.72 Å². The number of aromatic carboxylic acids is 1. The fraction of sp³-hybridized carbons (Fsp3) is 0.344. The van der Waals surface area contributed by atoms with Gasteiger partial charge in [-0.25, -0.2) is 9.78 Å². The topological polar surface area (TPSA) is 80.9 Å². The number of rotatable bonds is 7. The molecule has 0 aliphatic heterocycles. The maximum atomic E-state index is 13.8. The molecule has 0 atom stereocenters. The highest BCUT2D eigenvalue weighted by atomic mass is 16.5. The third kappa shape index (κ3) is 4.38. The summed E-state index contributed by atoms with van der Waals surface area (Å²) in [6.07, 6.45) is 9.03. The van der Waals surface area contributed by atoms with E-state index in [1.807, 2.05) is 48.5 Å². The summed E-state index contributed by atoms with van der Waals surface area (Å²) in [4.78, 5) is 30.4. The van der Waals surface area contributed by atoms with Crippen molar-refractivity contribution < 1.29 is 19.4 Å². The SMILES string of the molecule is Cc1ccc(COC(=O)C2(c3ccc(-c4ccccc4C(=O)O)cc3)CCCCC2)n2cc(C3CC3)nc12. The Balaban J connectivity index is 1.27. The van der Waals surface area contributed by atoms with Crippen LogP contribution in [0.2, 0.25) is 0 Å². The molecule has 0 radical (unpaired) electrons. The van der Waals surface area contributed by atoms with Crippen LogP contribution in [0.3, 0.4) is 0 Å². The molecule has 0 unspecified atom stereocenters. The van der Waals surface area contributed by atoms with Crippen LogP contribution >= 0.6 is 0 Å². The Morgan fingerprint density at radius 3 is 2.45 bits per heavy atom. The number of nitrogens with zero attached hydrogens (tertiary/aromatic N) is 2. The number of imidazole rings is 1. The molecule has 2 aromatic heterocycles. The molecule has 4 aromatic rings. The van der Waals surface area contributed by atoms with Crippen molar-refractivity contribution >= 4 is 17.6 Å². The number of pyridine rings is 1. The first-order valence-corrected chi connectivity index (χ1v) is 13.5. The van der Waals surface area contributed by atoms with Gasteiger partial charge in [-0.1, -0.05) is 67.8 Å². The molecule has 1 N–H and O–H groups in total. The summed E-state index contributed by atoms with van der Waals surface area (Å²) in [5, 5.41) is 9.60. The second-order valence-corrected chi connectivity index (χ2v) is 10.8. The van der Waals surface area contributed by atoms with Crippen LogP contribution in [0, 0.1) is 6.92 Å². The van der Waals surface area contributed by atoms with Gasteiger partial charge in [0.25, 0.3) is 0 Å². The van der Waals surface area contributed by atoms with Gasteiger partial charge in [-0.3, -0.25) is 4.79 Å². The lowest BCUT2D eigenvalue weighted by Gasteiger charge is -2.35. The lowest BCUT2D eigenvalue weighted by atomic mass is 9.69. The summed E-state index contributed by atoms with van der Waals surface area (Å²) in [7, 11) is 0. The predicted octanol–water partition coefficient (Wildman–Crippen LogP) is 6.83. The van der Waals surface area contributed by atoms with Crippen LogP contribution in [0.1, 0.15) is 83.7 Å². The van der Waals surface area contributed by atoms with E-state index < -0.39 is 11.4 Å². The fourth-order valence-electron chi connectivity index (χ4n) is 5.90. The molecular weight excluding hydrogens is 476 g/mol. The van der Waals surface area contributed by atoms with Gasteiger partial charge in [-0.05, 0) is 67.0 Å². The van der Waals surface area contributed by atoms with Crippen LogP contribution in [0.25, 0.3) is 16.8 Å². The quantitative estimate of drug-likeness (QED) is 0.277. The third-order valence-corrected chi connectivity index (χ3v) is 8.26. The zero-order valence-electron chi connectivity index (χ0n) is 21.7. The minimum atomic E-state index is -0.954. The zero-order valence-corrected chi connectivity index (χ0v) is 21.7. The largest absolute Gasteiger partial charge is 0.478 e. The summed E-state index contributed by atoms with van der Waals surface area (Å²) < 4.78 is 8.14. The predicted molar refractivity (Wildman–Crippen MR) is 145 cm³/mol. The lowest BCUT2D eigenvalue weighted by Crippen LogP contribution is -2.39. The number of aromatic nitrogens is 2. The van der Waals surface area contributed by atoms with Crippen LogP contribution in [0.15, 0.2) is 66.9 Å². The van der Waals surface area contributed by atoms with Crippen LogP contribution in [-0.4, -0.2) is 26.4 Å². The van der Waals surface area contributed by atoms with E-state index in [9.17, 15) is 14.7 Å². The molecule has 0 bridgehead atoms. The maximum Gasteiger partial charge on any atom is 0.336 e. The van der Waals surface area contributed by atoms with E-state index in [-0.39, 0.29) is 18.1 Å². The Hall–Kier alpha value is -3.93. The number of esters is 1. The number of benzene rings is 2. The van der Waals surface area contributed by atoms with Crippen molar-refractivity contribution in [3.63, 3.8) is 0 Å². The van der Waals surface area contributed by atoms with Gasteiger partial charge >= 0.3 is 11.9 Å². The van der Waals surface area contributed by atoms with E-state index in [1.165, 1.54) is 12.8 Å². The molecule has 2 aliphatic rings. The molecule has 0 spiro atoms. The number of hydrogen-bond acceptors (Lipinski definition) is 4. The van der Waals surface area contributed by atoms with E-state index in [1.54, 1.807) is 12.1 Å². The molecule has 2 aliphatic carbocycles. The maximum absolute atomic E-state index is 13.8. The third-order valence-electron chi connectivity index (χ3n) is 8.26. The van der Waals surface area contributed by atoms with Gasteiger partial charge < -0.3 is 14.2 Å². The Morgan fingerprint density at radius 2 is 1.74 bits per heavy atom. The molecule has 6 heteroatoms. The lowest BCUT2D eigenvalue weighted by molar-refractivity contribution is -0.153. The Bertz CT molecular complexity index is 1510. The van der Waals surface area contributed by atoms with Gasteiger partial charge in [0.2, 0.25) is 0 Å². The van der Waals surface area contributed by atoms with Crippen molar-refractivity contribution in [1.29, 1.82) is 0 Å². The molecule has 0 amide bonds. The molecular formula is C32H32N2O4. The monoisotopic (exact) mass is 508 g/mol. The standard InChI is InChI=1S/C32H32N2O4/c1-21-9-16-25(34-19-28(23-10-11-23)33-29(21)34)20-38-31(37)32(17-5-2-6-18-32)24-14-12-22(13-15-24)26-7-3-4-8-27(26)30(35)36/h3-4,7-9,12-16,19,23H,2,5-6,10-11,17-18,20H2,1H3,(H,35,36). The first-order valence-electron chi connectivity index (χ1n) is 13.5. The average molecular weight is 509 g/mol. The number of carbonyl (C=O) groups is 2. The van der Waals surface area contributed by atoms with E-state index in [0.717, 1.165) is 65.8 Å². The van der Waals surface area contributed by atoms with Gasteiger partial charge in [0, 0.05) is 12.1 Å². The van der Waals surface area contributed by atoms with Crippen molar-refractivity contribution in [2.24, 2.45) is 0 Å². The number of aryl methyl sites for hydroxylation is 1. The average Bonchev–Trinajstić information content (AvgIpc) is 3.70. The van der Waals surface area contributed by atoms with Crippen molar-refractivity contribution in [1.82, 2.24) is 9.38 Å². The number of carboxylic acid groups (broad SMARTS) is 1. The van der Waals surface area contributed by atoms with Gasteiger partial charge in [0.15, 0.2) is 0 Å². The number of carboxylic acids is 1. The first-order chi connectivity index (χ1) is 18.5. The molecule has 0 saturated heterocycles. The second-order valence-electron chi connectivity index (χ2n) is 10.8. The fourth-order valence-corrected chi connectivity index (χ4v) is 5.90. The van der Waals surface area contributed by atoms with Crippen molar-refractivity contribution in [2.75, 3.05) is 0 Å². The minimum absolute atomic E-state index is 0.188. The van der Waals surface area contributed by atoms with Gasteiger partial charge in [0.05, 0.1) is 22.4 Å². The molecule has 194 valence electrons.